The fraction of sp³-hybridized carbons (Fsp3) is 0.643. The van der Waals surface area contributed by atoms with Gasteiger partial charge in [0.2, 0.25) is 0 Å². The van der Waals surface area contributed by atoms with Gasteiger partial charge in [-0.05, 0) is 32.3 Å². The minimum Gasteiger partial charge on any atom is -0.395 e. The Kier molecular flexibility index (Phi) is 6.29. The van der Waals surface area contributed by atoms with Crippen LogP contribution in [0, 0.1) is 13.8 Å². The summed E-state index contributed by atoms with van der Waals surface area (Å²) in [7, 11) is 0. The van der Waals surface area contributed by atoms with Crippen LogP contribution < -0.4 is 10.6 Å². The van der Waals surface area contributed by atoms with E-state index in [1.165, 1.54) is 0 Å². The van der Waals surface area contributed by atoms with Gasteiger partial charge in [-0.3, -0.25) is 0 Å². The first kappa shape index (κ1) is 16.8. The van der Waals surface area contributed by atoms with Gasteiger partial charge in [0.05, 0.1) is 17.9 Å². The smallest absolute Gasteiger partial charge is 0.162 e. The van der Waals surface area contributed by atoms with E-state index in [1.807, 2.05) is 13.8 Å². The molecule has 0 amide bonds. The van der Waals surface area contributed by atoms with Crippen molar-refractivity contribution in [3.8, 4) is 0 Å². The van der Waals surface area contributed by atoms with Crippen LogP contribution in [0.15, 0.2) is 0 Å². The van der Waals surface area contributed by atoms with Crippen molar-refractivity contribution in [3.63, 3.8) is 0 Å². The molecule has 1 heterocycles. The van der Waals surface area contributed by atoms with E-state index in [9.17, 15) is 5.11 Å². The number of anilines is 1. The van der Waals surface area contributed by atoms with E-state index in [0.29, 0.717) is 17.4 Å². The summed E-state index contributed by atoms with van der Waals surface area (Å²) in [6, 6.07) is 0.284. The molecule has 1 aromatic rings. The van der Waals surface area contributed by atoms with E-state index >= 15 is 0 Å². The Balaban J connectivity index is 3.39. The lowest BCUT2D eigenvalue weighted by atomic mass is 10.1. The van der Waals surface area contributed by atoms with Gasteiger partial charge in [-0.25, -0.2) is 0 Å². The third-order valence-electron chi connectivity index (χ3n) is 3.68. The van der Waals surface area contributed by atoms with Crippen LogP contribution >= 0.6 is 12.2 Å². The largest absolute Gasteiger partial charge is 0.395 e. The summed E-state index contributed by atoms with van der Waals surface area (Å²) < 4.78 is 0. The van der Waals surface area contributed by atoms with Crippen LogP contribution in [0.1, 0.15) is 43.5 Å². The van der Waals surface area contributed by atoms with Crippen LogP contribution in [-0.2, 0) is 0 Å². The molecule has 20 heavy (non-hydrogen) atoms. The summed E-state index contributed by atoms with van der Waals surface area (Å²) >= 11 is 5.18. The third-order valence-corrected chi connectivity index (χ3v) is 3.88. The Morgan fingerprint density at radius 1 is 1.30 bits per heavy atom. The molecule has 0 saturated heterocycles. The zero-order valence-electron chi connectivity index (χ0n) is 12.7. The van der Waals surface area contributed by atoms with Crippen molar-refractivity contribution < 1.29 is 5.11 Å². The Bertz CT molecular complexity index is 474. The normalized spacial score (nSPS) is 10.9. The molecule has 0 spiro atoms. The van der Waals surface area contributed by atoms with Gasteiger partial charge in [0.1, 0.15) is 4.99 Å². The molecule has 0 atom stereocenters. The number of thiocarbonyl (C=S) groups is 1. The third kappa shape index (κ3) is 3.43. The molecule has 0 aliphatic rings. The molecular weight excluding hydrogens is 272 g/mol. The minimum atomic E-state index is 0.0574. The Morgan fingerprint density at radius 2 is 1.90 bits per heavy atom. The molecule has 0 saturated carbocycles. The molecule has 0 radical (unpaired) electrons. The highest BCUT2D eigenvalue weighted by atomic mass is 32.1. The highest BCUT2D eigenvalue weighted by Crippen LogP contribution is 2.25. The predicted octanol–water partition coefficient (Wildman–Crippen LogP) is 1.71. The molecule has 1 rings (SSSR count). The van der Waals surface area contributed by atoms with Crippen LogP contribution in [0.3, 0.4) is 0 Å². The van der Waals surface area contributed by atoms with Crippen LogP contribution in [0.25, 0.3) is 0 Å². The van der Waals surface area contributed by atoms with E-state index in [2.05, 4.69) is 28.9 Å². The first-order valence-electron chi connectivity index (χ1n) is 6.98. The van der Waals surface area contributed by atoms with Crippen molar-refractivity contribution >= 4 is 23.0 Å². The zero-order valence-corrected chi connectivity index (χ0v) is 13.5. The maximum absolute atomic E-state index is 9.34. The molecular formula is C14H24N4OS. The van der Waals surface area contributed by atoms with Crippen molar-refractivity contribution in [2.24, 2.45) is 5.73 Å². The summed E-state index contributed by atoms with van der Waals surface area (Å²) in [6.07, 6.45) is 1.92. The van der Waals surface area contributed by atoms with Crippen molar-refractivity contribution in [3.05, 3.63) is 16.8 Å². The summed E-state index contributed by atoms with van der Waals surface area (Å²) in [5.74, 6) is 0.684. The van der Waals surface area contributed by atoms with Crippen molar-refractivity contribution in [2.75, 3.05) is 18.1 Å². The lowest BCUT2D eigenvalue weighted by molar-refractivity contribution is 0.295. The number of nitrogens with two attached hydrogens (primary N) is 1. The monoisotopic (exact) mass is 296 g/mol. The second kappa shape index (κ2) is 7.50. The quantitative estimate of drug-likeness (QED) is 0.746. The molecule has 0 bridgehead atoms. The van der Waals surface area contributed by atoms with Gasteiger partial charge in [-0.15, -0.1) is 5.10 Å². The SMILES string of the molecule is CCC(CC)N(CCO)c1nnc(C)c(C)c1C(N)=S. The summed E-state index contributed by atoms with van der Waals surface area (Å²) in [5.41, 5.74) is 8.43. The first-order chi connectivity index (χ1) is 9.47. The fourth-order valence-electron chi connectivity index (χ4n) is 2.39. The average Bonchev–Trinajstić information content (AvgIpc) is 2.41. The molecule has 1 aromatic heterocycles. The maximum Gasteiger partial charge on any atom is 0.162 e. The Morgan fingerprint density at radius 3 is 2.35 bits per heavy atom. The second-order valence-corrected chi connectivity index (χ2v) is 5.30. The predicted molar refractivity (Wildman–Crippen MR) is 86.2 cm³/mol. The number of hydrogen-bond donors (Lipinski definition) is 2. The molecule has 0 aliphatic heterocycles. The first-order valence-corrected chi connectivity index (χ1v) is 7.39. The van der Waals surface area contributed by atoms with Gasteiger partial charge in [-0.1, -0.05) is 26.1 Å². The van der Waals surface area contributed by atoms with Gasteiger partial charge in [0.25, 0.3) is 0 Å². The van der Waals surface area contributed by atoms with Crippen molar-refractivity contribution in [1.82, 2.24) is 10.2 Å². The summed E-state index contributed by atoms with van der Waals surface area (Å²) in [5, 5.41) is 17.8. The number of aromatic nitrogens is 2. The Hall–Kier alpha value is -1.27. The second-order valence-electron chi connectivity index (χ2n) is 4.86. The Labute approximate surface area is 126 Å². The molecule has 0 aromatic carbocycles. The summed E-state index contributed by atoms with van der Waals surface area (Å²) in [6.45, 7) is 8.63. The number of nitrogens with zero attached hydrogens (tertiary/aromatic N) is 3. The lowest BCUT2D eigenvalue weighted by Crippen LogP contribution is -2.39. The van der Waals surface area contributed by atoms with Crippen LogP contribution in [-0.4, -0.2) is 39.5 Å². The van der Waals surface area contributed by atoms with E-state index in [1.54, 1.807) is 0 Å². The molecule has 3 N–H and O–H groups in total. The van der Waals surface area contributed by atoms with Gasteiger partial charge in [0, 0.05) is 12.6 Å². The number of aliphatic hydroxyl groups is 1. The minimum absolute atomic E-state index is 0.0574. The molecule has 5 nitrogen and oxygen atoms in total. The van der Waals surface area contributed by atoms with Gasteiger partial charge in [-0.2, -0.15) is 5.10 Å². The van der Waals surface area contributed by atoms with Crippen molar-refractivity contribution in [1.29, 1.82) is 0 Å². The maximum atomic E-state index is 9.34. The van der Waals surface area contributed by atoms with Gasteiger partial charge in [0.15, 0.2) is 5.82 Å². The number of aliphatic hydroxyl groups excluding tert-OH is 1. The van der Waals surface area contributed by atoms with E-state index in [-0.39, 0.29) is 12.6 Å². The highest BCUT2D eigenvalue weighted by Gasteiger charge is 2.23. The summed E-state index contributed by atoms with van der Waals surface area (Å²) in [4.78, 5) is 2.39. The van der Waals surface area contributed by atoms with Crippen LogP contribution in [0.5, 0.6) is 0 Å². The van der Waals surface area contributed by atoms with Gasteiger partial charge >= 0.3 is 0 Å². The number of aryl methyl sites for hydroxylation is 1. The molecule has 112 valence electrons. The van der Waals surface area contributed by atoms with Crippen molar-refractivity contribution in [2.45, 2.75) is 46.6 Å². The molecule has 0 fully saturated rings. The lowest BCUT2D eigenvalue weighted by Gasteiger charge is -2.32. The molecule has 6 heteroatoms. The molecule has 0 unspecified atom stereocenters. The zero-order chi connectivity index (χ0) is 15.3. The number of hydrogen-bond acceptors (Lipinski definition) is 5. The standard InChI is InChI=1S/C14H24N4OS/c1-5-11(6-2)18(7-8-19)14-12(13(15)20)9(3)10(4)16-17-14/h11,19H,5-8H2,1-4H3,(H2,15,20). The highest BCUT2D eigenvalue weighted by molar-refractivity contribution is 7.80. The van der Waals surface area contributed by atoms with E-state index < -0.39 is 0 Å². The van der Waals surface area contributed by atoms with Crippen LogP contribution in [0.2, 0.25) is 0 Å². The topological polar surface area (TPSA) is 75.3 Å². The van der Waals surface area contributed by atoms with Gasteiger partial charge < -0.3 is 15.7 Å². The number of rotatable bonds is 7. The average molecular weight is 296 g/mol. The molecule has 0 aliphatic carbocycles. The van der Waals surface area contributed by atoms with E-state index in [4.69, 9.17) is 18.0 Å². The van der Waals surface area contributed by atoms with E-state index in [0.717, 1.165) is 29.7 Å². The fourth-order valence-corrected chi connectivity index (χ4v) is 2.63. The van der Waals surface area contributed by atoms with Crippen LogP contribution in [0.4, 0.5) is 5.82 Å².